The van der Waals surface area contributed by atoms with Crippen LogP contribution in [-0.2, 0) is 6.42 Å². The number of anilines is 3. The molecule has 2 amide bonds. The Kier molecular flexibility index (Phi) is 5.79. The van der Waals surface area contributed by atoms with Gasteiger partial charge in [-0.25, -0.2) is 0 Å². The van der Waals surface area contributed by atoms with E-state index in [4.69, 9.17) is 4.74 Å². The van der Waals surface area contributed by atoms with Crippen LogP contribution in [0, 0.1) is 5.82 Å². The zero-order valence-corrected chi connectivity index (χ0v) is 20.9. The number of amides is 2. The summed E-state index contributed by atoms with van der Waals surface area (Å²) >= 11 is -1.80. The number of aromatic amines is 1. The first-order valence-corrected chi connectivity index (χ1v) is 13.9. The van der Waals surface area contributed by atoms with Gasteiger partial charge in [0.15, 0.2) is 0 Å². The third-order valence-corrected chi connectivity index (χ3v) is 9.94. The Bertz CT molecular complexity index is 1230. The zero-order chi connectivity index (χ0) is 22.2. The van der Waals surface area contributed by atoms with E-state index >= 15 is 0 Å². The number of H-pyrrole nitrogens is 1. The van der Waals surface area contributed by atoms with Crippen LogP contribution >= 0.6 is 0 Å². The van der Waals surface area contributed by atoms with Gasteiger partial charge in [-0.1, -0.05) is 0 Å². The molecule has 3 bridgehead atoms. The van der Waals surface area contributed by atoms with Gasteiger partial charge < -0.3 is 0 Å². The van der Waals surface area contributed by atoms with Crippen LogP contribution in [0.25, 0.3) is 11.3 Å². The molecule has 3 aromatic rings. The van der Waals surface area contributed by atoms with Crippen LogP contribution in [0.3, 0.4) is 0 Å². The number of para-hydroxylation sites is 1. The Balaban J connectivity index is 1.71. The van der Waals surface area contributed by atoms with Crippen molar-refractivity contribution < 1.29 is 61.7 Å². The number of alkyl halides is 1. The molecule has 0 spiro atoms. The topological polar surface area (TPSA) is 120 Å². The Hall–Kier alpha value is -2.62. The van der Waals surface area contributed by atoms with Gasteiger partial charge in [-0.05, 0) is 0 Å². The monoisotopic (exact) mass is 662 g/mol. The standard InChI is InChI=1S/C20H17FI2N6O3/c1-32-18-10(21)3-2-4-11(18)25-17-15-12-7-14(27-19(15)30)22-29-20(31)23-28-13-8-24-6-5-9(13)16(17)26-12/h2-6,8,14,25-26,28H,7H2,1H3,(H,27,30)(H,29,31)/q-2/t14-/m1/s1. The second-order valence-electron chi connectivity index (χ2n) is 6.91. The number of halogens is 3. The molecule has 9 nitrogen and oxygen atoms in total. The number of fused-ring (bicyclic) bond motifs is 4. The predicted octanol–water partition coefficient (Wildman–Crippen LogP) is -3.28. The van der Waals surface area contributed by atoms with Gasteiger partial charge in [-0.2, -0.15) is 0 Å². The quantitative estimate of drug-likeness (QED) is 0.0661. The van der Waals surface area contributed by atoms with Crippen molar-refractivity contribution in [3.63, 3.8) is 0 Å². The number of pyridine rings is 1. The van der Waals surface area contributed by atoms with Crippen molar-refractivity contribution in [3.05, 3.63) is 53.7 Å². The molecule has 0 aliphatic carbocycles. The fraction of sp³-hybridized carbons (Fsp3) is 0.150. The van der Waals surface area contributed by atoms with Crippen molar-refractivity contribution in [2.75, 3.05) is 16.0 Å². The molecule has 2 aromatic heterocycles. The van der Waals surface area contributed by atoms with Crippen LogP contribution in [0.1, 0.15) is 16.1 Å². The first-order valence-electron chi connectivity index (χ1n) is 9.47. The van der Waals surface area contributed by atoms with Gasteiger partial charge in [0.05, 0.1) is 0 Å². The van der Waals surface area contributed by atoms with E-state index in [9.17, 15) is 14.0 Å². The van der Waals surface area contributed by atoms with E-state index in [2.05, 4.69) is 27.7 Å². The Morgan fingerprint density at radius 3 is 2.97 bits per heavy atom. The molecule has 4 heterocycles. The van der Waals surface area contributed by atoms with Gasteiger partial charge >= 0.3 is 205 Å². The molecule has 0 unspecified atom stereocenters. The van der Waals surface area contributed by atoms with Crippen molar-refractivity contribution >= 4 is 26.9 Å². The molecule has 1 aromatic carbocycles. The number of rotatable bonds is 3. The van der Waals surface area contributed by atoms with Crippen LogP contribution in [0.15, 0.2) is 36.7 Å². The Morgan fingerprint density at radius 1 is 1.25 bits per heavy atom. The average molecular weight is 662 g/mol. The average Bonchev–Trinajstić information content (AvgIpc) is 3.15. The second-order valence-corrected chi connectivity index (χ2v) is 11.6. The summed E-state index contributed by atoms with van der Waals surface area (Å²) in [6.07, 6.45) is 3.86. The normalized spacial score (nSPS) is 17.8. The number of methoxy groups -OCH3 is 1. The van der Waals surface area contributed by atoms with Crippen molar-refractivity contribution in [2.45, 2.75) is 10.5 Å². The molecule has 1 atom stereocenters. The first kappa shape index (κ1) is 21.2. The Labute approximate surface area is 203 Å². The van der Waals surface area contributed by atoms with E-state index < -0.39 is 48.8 Å². The summed E-state index contributed by atoms with van der Waals surface area (Å²) in [6, 6.07) is 6.38. The third-order valence-electron chi connectivity index (χ3n) is 4.99. The molecule has 5 N–H and O–H groups in total. The van der Waals surface area contributed by atoms with Crippen molar-refractivity contribution in [2.24, 2.45) is 0 Å². The zero-order valence-electron chi connectivity index (χ0n) is 16.6. The van der Waals surface area contributed by atoms with Gasteiger partial charge in [-0.3, -0.25) is 0 Å². The van der Waals surface area contributed by atoms with Crippen LogP contribution < -0.4 is 65.4 Å². The summed E-state index contributed by atoms with van der Waals surface area (Å²) in [5.41, 5.74) is 4.23. The summed E-state index contributed by atoms with van der Waals surface area (Å²) in [7, 11) is 1.39. The van der Waals surface area contributed by atoms with Gasteiger partial charge in [0.2, 0.25) is 0 Å². The molecule has 0 radical (unpaired) electrons. The number of ether oxygens (including phenoxy) is 1. The maximum atomic E-state index is 14.3. The summed E-state index contributed by atoms with van der Waals surface area (Å²) in [5.74, 6) is -0.702. The SMILES string of the molecule is COc1c(F)cccc1Nc1c2[nH]c3c1C(=O)N[C@H](C3)[I-]NC(=O)[I-]Nc1cnccc1-2. The number of aromatic nitrogens is 2. The van der Waals surface area contributed by atoms with Crippen LogP contribution in [0.2, 0.25) is 0 Å². The summed E-state index contributed by atoms with van der Waals surface area (Å²) in [6.45, 7) is 0. The van der Waals surface area contributed by atoms with Crippen molar-refractivity contribution in [1.82, 2.24) is 18.8 Å². The molecule has 0 saturated heterocycles. The number of nitrogens with one attached hydrogen (secondary N) is 5. The summed E-state index contributed by atoms with van der Waals surface area (Å²) < 4.78 is 25.6. The molecule has 168 valence electrons. The Morgan fingerprint density at radius 2 is 2.12 bits per heavy atom. The third kappa shape index (κ3) is 3.85. The van der Waals surface area contributed by atoms with Crippen molar-refractivity contribution in [1.29, 1.82) is 0 Å². The summed E-state index contributed by atoms with van der Waals surface area (Å²) in [4.78, 5) is 33.0. The van der Waals surface area contributed by atoms with Gasteiger partial charge in [0, 0.05) is 0 Å². The maximum absolute atomic E-state index is 14.3. The molecular weight excluding hydrogens is 645 g/mol. The minimum atomic E-state index is -1.02. The second kappa shape index (κ2) is 8.73. The number of hydrogen-bond acceptors (Lipinski definition) is 6. The number of carbonyl (C=O) groups is 2. The van der Waals surface area contributed by atoms with Crippen molar-refractivity contribution in [3.8, 4) is 17.0 Å². The van der Waals surface area contributed by atoms with E-state index in [0.29, 0.717) is 34.7 Å². The van der Waals surface area contributed by atoms with Gasteiger partial charge in [0.1, 0.15) is 0 Å². The molecule has 12 heteroatoms. The fourth-order valence-corrected chi connectivity index (χ4v) is 7.91. The predicted molar refractivity (Wildman–Crippen MR) is 107 cm³/mol. The van der Waals surface area contributed by atoms with E-state index in [0.717, 1.165) is 11.3 Å². The minimum absolute atomic E-state index is 0.0295. The molecule has 0 fully saturated rings. The molecule has 32 heavy (non-hydrogen) atoms. The van der Waals surface area contributed by atoms with E-state index in [1.54, 1.807) is 24.5 Å². The molecule has 0 saturated carbocycles. The van der Waals surface area contributed by atoms with Crippen LogP contribution in [0.5, 0.6) is 5.75 Å². The van der Waals surface area contributed by atoms with Gasteiger partial charge in [0.25, 0.3) is 0 Å². The van der Waals surface area contributed by atoms with E-state index in [1.165, 1.54) is 13.2 Å². The molecule has 2 aliphatic rings. The fourth-order valence-electron chi connectivity index (χ4n) is 3.65. The number of nitrogens with zero attached hydrogens (tertiary/aromatic N) is 1. The molecular formula is C20H17FI2N6O3-2. The van der Waals surface area contributed by atoms with E-state index in [1.807, 2.05) is 6.07 Å². The molecule has 5 rings (SSSR count). The van der Waals surface area contributed by atoms with E-state index in [-0.39, 0.29) is 19.6 Å². The number of hydrogen-bond donors (Lipinski definition) is 5. The van der Waals surface area contributed by atoms with Gasteiger partial charge in [-0.15, -0.1) is 0 Å². The number of benzene rings is 1. The van der Waals surface area contributed by atoms with Crippen LogP contribution in [0.4, 0.5) is 26.2 Å². The molecule has 2 aliphatic heterocycles. The number of carbonyl (C=O) groups excluding carboxylic acids is 2. The van der Waals surface area contributed by atoms with Crippen LogP contribution in [-0.4, -0.2) is 30.9 Å². The summed E-state index contributed by atoms with van der Waals surface area (Å²) in [5, 5.41) is 6.24. The first-order chi connectivity index (χ1) is 15.5.